The molecule has 1 heterocycles. The highest BCUT2D eigenvalue weighted by Gasteiger charge is 2.11. The molecule has 0 bridgehead atoms. The molecule has 0 aliphatic heterocycles. The first-order valence-electron chi connectivity index (χ1n) is 4.95. The van der Waals surface area contributed by atoms with Gasteiger partial charge in [0.25, 0.3) is 11.5 Å². The predicted molar refractivity (Wildman–Crippen MR) is 56.7 cm³/mol. The van der Waals surface area contributed by atoms with Crippen LogP contribution in [0.4, 0.5) is 0 Å². The summed E-state index contributed by atoms with van der Waals surface area (Å²) < 4.78 is 0. The largest absolute Gasteiger partial charge is 0.340 e. The number of rotatable bonds is 4. The van der Waals surface area contributed by atoms with Crippen LogP contribution in [0.25, 0.3) is 0 Å². The summed E-state index contributed by atoms with van der Waals surface area (Å²) in [5.74, 6) is -0.167. The van der Waals surface area contributed by atoms with Gasteiger partial charge in [-0.3, -0.25) is 9.59 Å². The van der Waals surface area contributed by atoms with Gasteiger partial charge in [0.15, 0.2) is 0 Å². The summed E-state index contributed by atoms with van der Waals surface area (Å²) in [7, 11) is 1.73. The summed E-state index contributed by atoms with van der Waals surface area (Å²) in [4.78, 5) is 30.2. The number of aromatic nitrogens is 2. The number of unbranched alkanes of at least 4 members (excludes halogenated alkanes) is 1. The average molecular weight is 209 g/mol. The predicted octanol–water partition coefficient (Wildman–Crippen LogP) is 0.642. The highest BCUT2D eigenvalue weighted by molar-refractivity contribution is 5.91. The topological polar surface area (TPSA) is 66.1 Å². The van der Waals surface area contributed by atoms with Crippen LogP contribution < -0.4 is 5.56 Å². The summed E-state index contributed by atoms with van der Waals surface area (Å²) in [6.45, 7) is 2.77. The summed E-state index contributed by atoms with van der Waals surface area (Å²) in [5.41, 5.74) is -0.0315. The second-order valence-electron chi connectivity index (χ2n) is 3.38. The van der Waals surface area contributed by atoms with Crippen LogP contribution in [0.2, 0.25) is 0 Å². The molecule has 0 unspecified atom stereocenters. The van der Waals surface area contributed by atoms with Gasteiger partial charge in [-0.25, -0.2) is 4.98 Å². The number of H-pyrrole nitrogens is 1. The monoisotopic (exact) mass is 209 g/mol. The molecule has 1 aromatic rings. The second kappa shape index (κ2) is 5.29. The fourth-order valence-corrected chi connectivity index (χ4v) is 1.15. The third kappa shape index (κ3) is 3.19. The molecule has 15 heavy (non-hydrogen) atoms. The van der Waals surface area contributed by atoms with Gasteiger partial charge in [-0.15, -0.1) is 0 Å². The van der Waals surface area contributed by atoms with Gasteiger partial charge >= 0.3 is 0 Å². The van der Waals surface area contributed by atoms with Crippen LogP contribution in [0, 0.1) is 0 Å². The number of hydrogen-bond donors (Lipinski definition) is 1. The van der Waals surface area contributed by atoms with Crippen molar-refractivity contribution in [2.75, 3.05) is 13.6 Å². The summed E-state index contributed by atoms with van der Waals surface area (Å²) in [6, 6.07) is 0. The zero-order valence-corrected chi connectivity index (χ0v) is 8.99. The van der Waals surface area contributed by atoms with E-state index < -0.39 is 0 Å². The van der Waals surface area contributed by atoms with Crippen LogP contribution >= 0.6 is 0 Å². The van der Waals surface area contributed by atoms with Crippen molar-refractivity contribution in [2.45, 2.75) is 19.8 Å². The van der Waals surface area contributed by atoms with Gasteiger partial charge in [0.1, 0.15) is 5.69 Å². The van der Waals surface area contributed by atoms with Gasteiger partial charge in [0.05, 0.1) is 6.20 Å². The van der Waals surface area contributed by atoms with Gasteiger partial charge in [-0.05, 0) is 6.42 Å². The van der Waals surface area contributed by atoms with E-state index in [-0.39, 0.29) is 17.2 Å². The van der Waals surface area contributed by atoms with E-state index in [1.165, 1.54) is 6.20 Å². The first-order valence-corrected chi connectivity index (χ1v) is 4.95. The molecule has 1 N–H and O–H groups in total. The van der Waals surface area contributed by atoms with Crippen molar-refractivity contribution in [3.63, 3.8) is 0 Å². The quantitative estimate of drug-likeness (QED) is 0.791. The van der Waals surface area contributed by atoms with Crippen LogP contribution in [0.5, 0.6) is 0 Å². The van der Waals surface area contributed by atoms with E-state index >= 15 is 0 Å². The Bertz CT molecular complexity index is 366. The minimum atomic E-state index is -0.303. The number of hydrogen-bond acceptors (Lipinski definition) is 3. The summed E-state index contributed by atoms with van der Waals surface area (Å²) in [6.07, 6.45) is 4.45. The van der Waals surface area contributed by atoms with Gasteiger partial charge < -0.3 is 9.88 Å². The average Bonchev–Trinajstić information content (AvgIpc) is 2.26. The third-order valence-corrected chi connectivity index (χ3v) is 2.08. The van der Waals surface area contributed by atoms with E-state index in [9.17, 15) is 9.59 Å². The number of nitrogens with zero attached hydrogens (tertiary/aromatic N) is 2. The Balaban J connectivity index is 2.67. The third-order valence-electron chi connectivity index (χ3n) is 2.08. The molecule has 5 heteroatoms. The van der Waals surface area contributed by atoms with E-state index in [1.54, 1.807) is 11.9 Å². The fourth-order valence-electron chi connectivity index (χ4n) is 1.15. The Labute approximate surface area is 88.1 Å². The van der Waals surface area contributed by atoms with E-state index in [4.69, 9.17) is 0 Å². The Kier molecular flexibility index (Phi) is 4.03. The van der Waals surface area contributed by atoms with Crippen LogP contribution in [0.1, 0.15) is 30.3 Å². The minimum Gasteiger partial charge on any atom is -0.340 e. The van der Waals surface area contributed by atoms with E-state index in [0.717, 1.165) is 19.0 Å². The smallest absolute Gasteiger partial charge is 0.273 e. The van der Waals surface area contributed by atoms with Gasteiger partial charge in [0, 0.05) is 19.8 Å². The molecule has 0 saturated carbocycles. The molecule has 82 valence electrons. The highest BCUT2D eigenvalue weighted by Crippen LogP contribution is 1.98. The molecule has 1 amide bonds. The normalized spacial score (nSPS) is 10.0. The molecule has 0 aromatic carbocycles. The number of amides is 1. The Morgan fingerprint density at radius 1 is 1.60 bits per heavy atom. The van der Waals surface area contributed by atoms with Gasteiger partial charge in [-0.1, -0.05) is 13.3 Å². The van der Waals surface area contributed by atoms with Gasteiger partial charge in [-0.2, -0.15) is 0 Å². The van der Waals surface area contributed by atoms with Crippen molar-refractivity contribution in [3.8, 4) is 0 Å². The zero-order chi connectivity index (χ0) is 11.3. The van der Waals surface area contributed by atoms with Crippen LogP contribution in [-0.4, -0.2) is 34.4 Å². The molecule has 0 atom stereocenters. The molecule has 0 aliphatic rings. The molecule has 1 rings (SSSR count). The molecular weight excluding hydrogens is 194 g/mol. The molecule has 0 aliphatic carbocycles. The van der Waals surface area contributed by atoms with Crippen LogP contribution in [0.15, 0.2) is 17.2 Å². The summed E-state index contributed by atoms with van der Waals surface area (Å²) in [5, 5.41) is 0. The number of carbonyl (C=O) groups excluding carboxylic acids is 1. The van der Waals surface area contributed by atoms with E-state index in [2.05, 4.69) is 16.9 Å². The van der Waals surface area contributed by atoms with Crippen LogP contribution in [-0.2, 0) is 0 Å². The van der Waals surface area contributed by atoms with Crippen molar-refractivity contribution in [3.05, 3.63) is 28.4 Å². The van der Waals surface area contributed by atoms with Crippen molar-refractivity contribution < 1.29 is 4.79 Å². The maximum Gasteiger partial charge on any atom is 0.273 e. The maximum absolute atomic E-state index is 11.7. The Hall–Kier alpha value is -1.65. The SMILES string of the molecule is CCCCN(C)C(=O)c1c[nH]c(=O)cn1. The molecular formula is C10H15N3O2. The lowest BCUT2D eigenvalue weighted by molar-refractivity contribution is 0.0787. The second-order valence-corrected chi connectivity index (χ2v) is 3.38. The molecule has 0 fully saturated rings. The number of aromatic amines is 1. The number of carbonyl (C=O) groups is 1. The molecule has 0 saturated heterocycles. The van der Waals surface area contributed by atoms with Crippen molar-refractivity contribution in [1.82, 2.24) is 14.9 Å². The van der Waals surface area contributed by atoms with Crippen molar-refractivity contribution in [2.24, 2.45) is 0 Å². The Morgan fingerprint density at radius 2 is 2.33 bits per heavy atom. The Morgan fingerprint density at radius 3 is 2.87 bits per heavy atom. The first-order chi connectivity index (χ1) is 7.15. The lowest BCUT2D eigenvalue weighted by atomic mass is 10.3. The standard InChI is InChI=1S/C10H15N3O2/c1-3-4-5-13(2)10(15)8-6-12-9(14)7-11-8/h6-7H,3-5H2,1-2H3,(H,12,14). The first kappa shape index (κ1) is 11.4. The van der Waals surface area contributed by atoms with Crippen LogP contribution in [0.3, 0.4) is 0 Å². The maximum atomic E-state index is 11.7. The van der Waals surface area contributed by atoms with E-state index in [0.29, 0.717) is 6.54 Å². The van der Waals surface area contributed by atoms with E-state index in [1.807, 2.05) is 0 Å². The lowest BCUT2D eigenvalue weighted by Gasteiger charge is -2.15. The molecule has 5 nitrogen and oxygen atoms in total. The van der Waals surface area contributed by atoms with Crippen molar-refractivity contribution in [1.29, 1.82) is 0 Å². The molecule has 0 radical (unpaired) electrons. The molecule has 1 aromatic heterocycles. The minimum absolute atomic E-state index is 0.167. The number of nitrogens with one attached hydrogen (secondary N) is 1. The van der Waals surface area contributed by atoms with Crippen molar-refractivity contribution >= 4 is 5.91 Å². The fraction of sp³-hybridized carbons (Fsp3) is 0.500. The molecule has 0 spiro atoms. The zero-order valence-electron chi connectivity index (χ0n) is 8.99. The van der Waals surface area contributed by atoms with Gasteiger partial charge in [0.2, 0.25) is 0 Å². The lowest BCUT2D eigenvalue weighted by Crippen LogP contribution is -2.29. The summed E-state index contributed by atoms with van der Waals surface area (Å²) >= 11 is 0. The highest BCUT2D eigenvalue weighted by atomic mass is 16.2.